The van der Waals surface area contributed by atoms with Gasteiger partial charge >= 0.3 is 0 Å². The Balaban J connectivity index is 2.04. The van der Waals surface area contributed by atoms with Crippen LogP contribution in [0.4, 0.5) is 5.69 Å². The Labute approximate surface area is 84.9 Å². The van der Waals surface area contributed by atoms with E-state index in [1.807, 2.05) is 0 Å². The first kappa shape index (κ1) is 8.22. The van der Waals surface area contributed by atoms with E-state index in [0.717, 1.165) is 0 Å². The van der Waals surface area contributed by atoms with Crippen molar-refractivity contribution in [3.05, 3.63) is 29.8 Å². The molecule has 1 saturated carbocycles. The van der Waals surface area contributed by atoms with E-state index < -0.39 is 0 Å². The molecule has 72 valence electrons. The fraction of sp³-hybridized carbons (Fsp3) is 0.462. The lowest BCUT2D eigenvalue weighted by atomic mass is 9.92. The van der Waals surface area contributed by atoms with Crippen molar-refractivity contribution >= 4 is 11.4 Å². The van der Waals surface area contributed by atoms with Crippen molar-refractivity contribution in [2.75, 3.05) is 0 Å². The summed E-state index contributed by atoms with van der Waals surface area (Å²) in [4.78, 5) is 4.75. The molecule has 14 heavy (non-hydrogen) atoms. The molecule has 1 heterocycles. The Bertz CT molecular complexity index is 379. The molecule has 1 heteroatoms. The summed E-state index contributed by atoms with van der Waals surface area (Å²) in [6, 6.07) is 8.63. The predicted octanol–water partition coefficient (Wildman–Crippen LogP) is 3.82. The second-order valence-corrected chi connectivity index (χ2v) is 4.31. The Hall–Kier alpha value is -1.11. The fourth-order valence-corrected chi connectivity index (χ4v) is 2.68. The van der Waals surface area contributed by atoms with Gasteiger partial charge in [-0.3, -0.25) is 4.99 Å². The van der Waals surface area contributed by atoms with Gasteiger partial charge in [0.25, 0.3) is 0 Å². The molecule has 1 fully saturated rings. The van der Waals surface area contributed by atoms with Crippen molar-refractivity contribution in [2.24, 2.45) is 4.99 Å². The maximum Gasteiger partial charge on any atom is 0.0667 e. The first-order valence-electron chi connectivity index (χ1n) is 5.61. The molecule has 0 saturated heterocycles. The first-order valence-corrected chi connectivity index (χ1v) is 5.61. The summed E-state index contributed by atoms with van der Waals surface area (Å²) >= 11 is 0. The normalized spacial score (nSPS) is 24.9. The van der Waals surface area contributed by atoms with Crippen LogP contribution in [0.3, 0.4) is 0 Å². The van der Waals surface area contributed by atoms with E-state index in [9.17, 15) is 0 Å². The summed E-state index contributed by atoms with van der Waals surface area (Å²) in [6.07, 6.45) is 6.63. The van der Waals surface area contributed by atoms with Crippen LogP contribution in [0.5, 0.6) is 0 Å². The summed E-state index contributed by atoms with van der Waals surface area (Å²) < 4.78 is 0. The molecule has 2 aliphatic rings. The summed E-state index contributed by atoms with van der Waals surface area (Å²) in [7, 11) is 0. The molecule has 1 nitrogen and oxygen atoms in total. The number of benzene rings is 1. The SMILES string of the molecule is c1ccc2c(c1)N=C1CCCCCC12. The van der Waals surface area contributed by atoms with E-state index in [1.165, 1.54) is 49.1 Å². The topological polar surface area (TPSA) is 12.4 Å². The minimum Gasteiger partial charge on any atom is -0.257 e. The molecule has 1 aliphatic heterocycles. The van der Waals surface area contributed by atoms with Gasteiger partial charge in [-0.1, -0.05) is 31.0 Å². The van der Waals surface area contributed by atoms with Crippen LogP contribution in [0, 0.1) is 0 Å². The predicted molar refractivity (Wildman–Crippen MR) is 59.4 cm³/mol. The quantitative estimate of drug-likeness (QED) is 0.582. The van der Waals surface area contributed by atoms with Crippen molar-refractivity contribution in [2.45, 2.75) is 38.0 Å². The van der Waals surface area contributed by atoms with Crippen LogP contribution in [0.15, 0.2) is 29.3 Å². The minimum absolute atomic E-state index is 0.661. The van der Waals surface area contributed by atoms with Crippen LogP contribution < -0.4 is 0 Å². The first-order chi connectivity index (χ1) is 6.95. The maximum atomic E-state index is 4.75. The van der Waals surface area contributed by atoms with E-state index in [4.69, 9.17) is 4.99 Å². The van der Waals surface area contributed by atoms with E-state index in [2.05, 4.69) is 24.3 Å². The van der Waals surface area contributed by atoms with Crippen LogP contribution in [0.1, 0.15) is 43.6 Å². The molecule has 1 unspecified atom stereocenters. The summed E-state index contributed by atoms with van der Waals surface area (Å²) in [5.41, 5.74) is 4.16. The molecule has 1 aromatic carbocycles. The minimum atomic E-state index is 0.661. The molecule has 0 spiro atoms. The standard InChI is InChI=1S/C13H15N/c1-2-6-10-11-7-4-5-9-13(11)14-12(10)8-3-1/h4-5,7,9-10H,1-3,6,8H2. The fourth-order valence-electron chi connectivity index (χ4n) is 2.68. The van der Waals surface area contributed by atoms with Gasteiger partial charge in [0.15, 0.2) is 0 Å². The molecule has 3 rings (SSSR count). The van der Waals surface area contributed by atoms with Crippen LogP contribution in [-0.2, 0) is 0 Å². The van der Waals surface area contributed by atoms with E-state index in [-0.39, 0.29) is 0 Å². The van der Waals surface area contributed by atoms with Crippen LogP contribution in [0.2, 0.25) is 0 Å². The highest BCUT2D eigenvalue weighted by atomic mass is 14.8. The average molecular weight is 185 g/mol. The lowest BCUT2D eigenvalue weighted by Gasteiger charge is -2.10. The van der Waals surface area contributed by atoms with Gasteiger partial charge < -0.3 is 0 Å². The highest BCUT2D eigenvalue weighted by molar-refractivity contribution is 5.98. The monoisotopic (exact) mass is 185 g/mol. The van der Waals surface area contributed by atoms with Gasteiger partial charge in [0.2, 0.25) is 0 Å². The lowest BCUT2D eigenvalue weighted by Crippen LogP contribution is -2.05. The Kier molecular flexibility index (Phi) is 1.90. The van der Waals surface area contributed by atoms with Crippen molar-refractivity contribution in [3.8, 4) is 0 Å². The van der Waals surface area contributed by atoms with Gasteiger partial charge in [-0.25, -0.2) is 0 Å². The zero-order valence-electron chi connectivity index (χ0n) is 8.37. The smallest absolute Gasteiger partial charge is 0.0667 e. The number of nitrogens with zero attached hydrogens (tertiary/aromatic N) is 1. The number of rotatable bonds is 0. The summed E-state index contributed by atoms with van der Waals surface area (Å²) in [5, 5.41) is 0. The summed E-state index contributed by atoms with van der Waals surface area (Å²) in [6.45, 7) is 0. The number of aliphatic imine (C=N–C) groups is 1. The molecule has 0 bridgehead atoms. The number of para-hydroxylation sites is 1. The highest BCUT2D eigenvalue weighted by Crippen LogP contribution is 2.41. The largest absolute Gasteiger partial charge is 0.257 e. The highest BCUT2D eigenvalue weighted by Gasteiger charge is 2.27. The molecule has 0 aromatic heterocycles. The van der Waals surface area contributed by atoms with E-state index >= 15 is 0 Å². The van der Waals surface area contributed by atoms with Gasteiger partial charge in [0, 0.05) is 11.6 Å². The Morgan fingerprint density at radius 1 is 1.07 bits per heavy atom. The van der Waals surface area contributed by atoms with Gasteiger partial charge in [-0.15, -0.1) is 0 Å². The third-order valence-electron chi connectivity index (χ3n) is 3.40. The van der Waals surface area contributed by atoms with Gasteiger partial charge in [0.1, 0.15) is 0 Å². The lowest BCUT2D eigenvalue weighted by molar-refractivity contribution is 0.673. The molecule has 1 atom stereocenters. The number of hydrogen-bond acceptors (Lipinski definition) is 1. The zero-order chi connectivity index (χ0) is 9.38. The molecule has 1 aromatic rings. The van der Waals surface area contributed by atoms with Crippen molar-refractivity contribution < 1.29 is 0 Å². The molecule has 1 aliphatic carbocycles. The molecule has 0 N–H and O–H groups in total. The van der Waals surface area contributed by atoms with Crippen LogP contribution in [0.25, 0.3) is 0 Å². The van der Waals surface area contributed by atoms with Gasteiger partial charge in [-0.2, -0.15) is 0 Å². The third-order valence-corrected chi connectivity index (χ3v) is 3.40. The van der Waals surface area contributed by atoms with Crippen LogP contribution >= 0.6 is 0 Å². The Morgan fingerprint density at radius 2 is 2.00 bits per heavy atom. The van der Waals surface area contributed by atoms with Crippen molar-refractivity contribution in [1.29, 1.82) is 0 Å². The van der Waals surface area contributed by atoms with Crippen LogP contribution in [-0.4, -0.2) is 5.71 Å². The maximum absolute atomic E-state index is 4.75. The van der Waals surface area contributed by atoms with Gasteiger partial charge in [-0.05, 0) is 30.9 Å². The molecule has 0 radical (unpaired) electrons. The number of fused-ring (bicyclic) bond motifs is 3. The van der Waals surface area contributed by atoms with Crippen molar-refractivity contribution in [3.63, 3.8) is 0 Å². The zero-order valence-corrected chi connectivity index (χ0v) is 8.37. The van der Waals surface area contributed by atoms with Crippen molar-refractivity contribution in [1.82, 2.24) is 0 Å². The second kappa shape index (κ2) is 3.23. The number of hydrogen-bond donors (Lipinski definition) is 0. The van der Waals surface area contributed by atoms with E-state index in [1.54, 1.807) is 0 Å². The van der Waals surface area contributed by atoms with E-state index in [0.29, 0.717) is 5.92 Å². The molecule has 0 amide bonds. The summed E-state index contributed by atoms with van der Waals surface area (Å²) in [5.74, 6) is 0.661. The Morgan fingerprint density at radius 3 is 3.00 bits per heavy atom. The molecular weight excluding hydrogens is 170 g/mol. The molecular formula is C13H15N. The van der Waals surface area contributed by atoms with Gasteiger partial charge in [0.05, 0.1) is 5.69 Å². The third kappa shape index (κ3) is 1.19. The average Bonchev–Trinajstić information content (AvgIpc) is 2.42. The second-order valence-electron chi connectivity index (χ2n) is 4.31.